The predicted molar refractivity (Wildman–Crippen MR) is 63.1 cm³/mol. The van der Waals surface area contributed by atoms with Gasteiger partial charge in [0.15, 0.2) is 0 Å². The molecule has 1 saturated heterocycles. The zero-order chi connectivity index (χ0) is 12.6. The molecule has 6 heteroatoms. The maximum absolute atomic E-state index is 12.2. The van der Waals surface area contributed by atoms with E-state index in [1.54, 1.807) is 19.9 Å². The van der Waals surface area contributed by atoms with Crippen LogP contribution in [-0.4, -0.2) is 39.6 Å². The Kier molecular flexibility index (Phi) is 3.15. The minimum Gasteiger partial charge on any atom is -0.480 e. The van der Waals surface area contributed by atoms with E-state index in [0.717, 1.165) is 0 Å². The van der Waals surface area contributed by atoms with Gasteiger partial charge in [-0.3, -0.25) is 4.79 Å². The number of carbonyl (C=O) groups is 2. The molecule has 2 rings (SSSR count). The minimum absolute atomic E-state index is 0.267. The third-order valence-corrected chi connectivity index (χ3v) is 3.71. The molecule has 0 bridgehead atoms. The molecule has 1 aromatic heterocycles. The Morgan fingerprint density at radius 2 is 2.24 bits per heavy atom. The Bertz CT molecular complexity index is 468. The molecule has 5 nitrogen and oxygen atoms in total. The summed E-state index contributed by atoms with van der Waals surface area (Å²) >= 11 is 1.45. The predicted octanol–water partition coefficient (Wildman–Crippen LogP) is 1.50. The number of hydrogen-bond acceptors (Lipinski definition) is 4. The number of rotatable bonds is 2. The molecule has 0 saturated carbocycles. The number of hydrogen-bond donors (Lipinski definition) is 1. The summed E-state index contributed by atoms with van der Waals surface area (Å²) in [5.41, 5.74) is 0.455. The van der Waals surface area contributed by atoms with Crippen molar-refractivity contribution in [3.63, 3.8) is 0 Å². The van der Waals surface area contributed by atoms with Crippen molar-refractivity contribution in [2.75, 3.05) is 11.6 Å². The van der Waals surface area contributed by atoms with E-state index >= 15 is 0 Å². The number of furan rings is 1. The van der Waals surface area contributed by atoms with E-state index in [4.69, 9.17) is 9.52 Å². The lowest BCUT2D eigenvalue weighted by molar-refractivity contribution is -0.140. The molecule has 1 atom stereocenters. The van der Waals surface area contributed by atoms with Gasteiger partial charge in [0.05, 0.1) is 11.4 Å². The summed E-state index contributed by atoms with van der Waals surface area (Å²) in [6.07, 6.45) is 0. The first kappa shape index (κ1) is 12.0. The Morgan fingerprint density at radius 1 is 1.53 bits per heavy atom. The smallest absolute Gasteiger partial charge is 0.327 e. The first-order chi connectivity index (χ1) is 8.00. The van der Waals surface area contributed by atoms with Crippen molar-refractivity contribution in [3.8, 4) is 0 Å². The van der Waals surface area contributed by atoms with Gasteiger partial charge in [-0.2, -0.15) is 0 Å². The molecular weight excluding hydrogens is 242 g/mol. The van der Waals surface area contributed by atoms with Gasteiger partial charge in [-0.1, -0.05) is 0 Å². The van der Waals surface area contributed by atoms with Crippen molar-refractivity contribution in [2.24, 2.45) is 0 Å². The van der Waals surface area contributed by atoms with Crippen LogP contribution in [0.25, 0.3) is 0 Å². The lowest BCUT2D eigenvalue weighted by Gasteiger charge is -2.19. The standard InChI is InChI=1S/C11H13NO4S/c1-6-3-8(7(2)16-6)10(13)12-5-17-4-9(12)11(14)15/h3,9H,4-5H2,1-2H3,(H,14,15)/t9-/m0/s1. The first-order valence-corrected chi connectivity index (χ1v) is 6.34. The summed E-state index contributed by atoms with van der Waals surface area (Å²) in [6.45, 7) is 3.47. The van der Waals surface area contributed by atoms with Gasteiger partial charge in [0.2, 0.25) is 0 Å². The SMILES string of the molecule is Cc1cc(C(=O)N2CSC[C@H]2C(=O)O)c(C)o1. The molecule has 1 aliphatic rings. The van der Waals surface area contributed by atoms with Crippen molar-refractivity contribution >= 4 is 23.6 Å². The molecule has 0 aromatic carbocycles. The molecule has 2 heterocycles. The third-order valence-electron chi connectivity index (χ3n) is 2.70. The number of thioether (sulfide) groups is 1. The van der Waals surface area contributed by atoms with Crippen molar-refractivity contribution in [1.82, 2.24) is 4.90 Å². The Hall–Kier alpha value is -1.43. The zero-order valence-corrected chi connectivity index (χ0v) is 10.4. The van der Waals surface area contributed by atoms with Gasteiger partial charge in [-0.25, -0.2) is 4.79 Å². The Morgan fingerprint density at radius 3 is 2.76 bits per heavy atom. The van der Waals surface area contributed by atoms with Crippen molar-refractivity contribution < 1.29 is 19.1 Å². The van der Waals surface area contributed by atoms with Crippen LogP contribution in [0.5, 0.6) is 0 Å². The molecule has 0 radical (unpaired) electrons. The number of aliphatic carboxylic acids is 1. The first-order valence-electron chi connectivity index (χ1n) is 5.19. The fourth-order valence-corrected chi connectivity index (χ4v) is 2.99. The van der Waals surface area contributed by atoms with E-state index < -0.39 is 12.0 Å². The highest BCUT2D eigenvalue weighted by Crippen LogP contribution is 2.25. The lowest BCUT2D eigenvalue weighted by Crippen LogP contribution is -2.41. The number of nitrogens with zero attached hydrogens (tertiary/aromatic N) is 1. The van der Waals surface area contributed by atoms with E-state index in [9.17, 15) is 9.59 Å². The van der Waals surface area contributed by atoms with Crippen LogP contribution < -0.4 is 0 Å². The molecule has 92 valence electrons. The zero-order valence-electron chi connectivity index (χ0n) is 9.60. The van der Waals surface area contributed by atoms with Crippen LogP contribution in [0.3, 0.4) is 0 Å². The second kappa shape index (κ2) is 4.44. The second-order valence-electron chi connectivity index (χ2n) is 3.96. The second-order valence-corrected chi connectivity index (χ2v) is 4.96. The molecule has 1 fully saturated rings. The highest BCUT2D eigenvalue weighted by Gasteiger charge is 2.36. The van der Waals surface area contributed by atoms with Crippen LogP contribution >= 0.6 is 11.8 Å². The van der Waals surface area contributed by atoms with Crippen molar-refractivity contribution in [3.05, 3.63) is 23.2 Å². The lowest BCUT2D eigenvalue weighted by atomic mass is 10.2. The number of carboxylic acids is 1. The van der Waals surface area contributed by atoms with Gasteiger partial charge in [0.25, 0.3) is 5.91 Å². The highest BCUT2D eigenvalue weighted by molar-refractivity contribution is 7.99. The summed E-state index contributed by atoms with van der Waals surface area (Å²) < 4.78 is 5.29. The monoisotopic (exact) mass is 255 g/mol. The maximum Gasteiger partial charge on any atom is 0.327 e. The van der Waals surface area contributed by atoms with Gasteiger partial charge in [0.1, 0.15) is 17.6 Å². The van der Waals surface area contributed by atoms with E-state index in [2.05, 4.69) is 0 Å². The molecule has 0 spiro atoms. The normalized spacial score (nSPS) is 19.6. The van der Waals surface area contributed by atoms with E-state index in [-0.39, 0.29) is 5.91 Å². The van der Waals surface area contributed by atoms with E-state index in [0.29, 0.717) is 28.7 Å². The number of aryl methyl sites for hydroxylation is 2. The van der Waals surface area contributed by atoms with E-state index in [1.807, 2.05) is 0 Å². The fraction of sp³-hybridized carbons (Fsp3) is 0.455. The molecule has 1 aliphatic heterocycles. The van der Waals surface area contributed by atoms with Gasteiger partial charge < -0.3 is 14.4 Å². The molecule has 0 aliphatic carbocycles. The van der Waals surface area contributed by atoms with Gasteiger partial charge in [-0.05, 0) is 19.9 Å². The third kappa shape index (κ3) is 2.17. The van der Waals surface area contributed by atoms with Crippen LogP contribution in [0.2, 0.25) is 0 Å². The molecule has 1 amide bonds. The Balaban J connectivity index is 2.25. The summed E-state index contributed by atoms with van der Waals surface area (Å²) in [4.78, 5) is 24.6. The van der Waals surface area contributed by atoms with E-state index in [1.165, 1.54) is 16.7 Å². The van der Waals surface area contributed by atoms with Crippen molar-refractivity contribution in [2.45, 2.75) is 19.9 Å². The number of amides is 1. The summed E-state index contributed by atoms with van der Waals surface area (Å²) in [6, 6.07) is 0.918. The van der Waals surface area contributed by atoms with Crippen LogP contribution in [0.15, 0.2) is 10.5 Å². The summed E-state index contributed by atoms with van der Waals surface area (Å²) in [5.74, 6) is 0.826. The summed E-state index contributed by atoms with van der Waals surface area (Å²) in [7, 11) is 0. The molecular formula is C11H13NO4S. The number of carboxylic acid groups (broad SMARTS) is 1. The molecule has 0 unspecified atom stereocenters. The highest BCUT2D eigenvalue weighted by atomic mass is 32.2. The molecule has 1 N–H and O–H groups in total. The van der Waals surface area contributed by atoms with Crippen LogP contribution in [0, 0.1) is 13.8 Å². The molecule has 17 heavy (non-hydrogen) atoms. The largest absolute Gasteiger partial charge is 0.480 e. The molecule has 1 aromatic rings. The topological polar surface area (TPSA) is 70.8 Å². The van der Waals surface area contributed by atoms with Gasteiger partial charge >= 0.3 is 5.97 Å². The average molecular weight is 255 g/mol. The van der Waals surface area contributed by atoms with Gasteiger partial charge in [0, 0.05) is 5.75 Å². The average Bonchev–Trinajstić information content (AvgIpc) is 2.83. The van der Waals surface area contributed by atoms with Crippen molar-refractivity contribution in [1.29, 1.82) is 0 Å². The minimum atomic E-state index is -0.957. The Labute approximate surface area is 103 Å². The van der Waals surface area contributed by atoms with Gasteiger partial charge in [-0.15, -0.1) is 11.8 Å². The summed E-state index contributed by atoms with van der Waals surface area (Å²) in [5, 5.41) is 9.02. The van der Waals surface area contributed by atoms with Crippen LogP contribution in [-0.2, 0) is 4.79 Å². The number of carbonyl (C=O) groups excluding carboxylic acids is 1. The maximum atomic E-state index is 12.2. The fourth-order valence-electron chi connectivity index (χ4n) is 1.85. The van der Waals surface area contributed by atoms with Crippen LogP contribution in [0.4, 0.5) is 0 Å². The quantitative estimate of drug-likeness (QED) is 0.867. The van der Waals surface area contributed by atoms with Crippen LogP contribution in [0.1, 0.15) is 21.9 Å².